The predicted molar refractivity (Wildman–Crippen MR) is 287 cm³/mol. The molecule has 0 amide bonds. The molecule has 0 spiro atoms. The van der Waals surface area contributed by atoms with Crippen LogP contribution in [0.25, 0.3) is 10.9 Å². The van der Waals surface area contributed by atoms with Crippen LogP contribution in [0.4, 0.5) is 4.79 Å². The van der Waals surface area contributed by atoms with Crippen molar-refractivity contribution >= 4 is 46.5 Å². The van der Waals surface area contributed by atoms with E-state index in [1.165, 1.54) is 13.3 Å². The Kier molecular flexibility index (Phi) is 21.3. The molecule has 1 aromatic carbocycles. The number of hydrogen-bond donors (Lipinski definition) is 3. The van der Waals surface area contributed by atoms with Gasteiger partial charge in [-0.05, 0) is 113 Å². The number of aromatic nitrogens is 1. The van der Waals surface area contributed by atoms with Crippen molar-refractivity contribution in [2.75, 3.05) is 53.8 Å². The van der Waals surface area contributed by atoms with Crippen molar-refractivity contribution in [3.63, 3.8) is 0 Å². The van der Waals surface area contributed by atoms with Crippen molar-refractivity contribution in [2.45, 2.75) is 204 Å². The average molecular weight is 1110 g/mol. The highest BCUT2D eigenvalue weighted by Crippen LogP contribution is 2.44. The first kappa shape index (κ1) is 62.5. The highest BCUT2D eigenvalue weighted by atomic mass is 32.2. The van der Waals surface area contributed by atoms with E-state index in [1.807, 2.05) is 72.7 Å². The molecular weight excluding hydrogens is 1020 g/mol. The molecule has 2 aromatic rings. The Hall–Kier alpha value is -3.74. The molecule has 5 heterocycles. The number of aliphatic hydroxyl groups excluding tert-OH is 1. The van der Waals surface area contributed by atoms with Crippen LogP contribution in [0.5, 0.6) is 0 Å². The number of aromatic carboxylic acids is 1. The maximum absolute atomic E-state index is 14.8. The fraction of sp³-hybridized carbons (Fsp3) is 0.768. The van der Waals surface area contributed by atoms with E-state index in [1.54, 1.807) is 64.1 Å². The van der Waals surface area contributed by atoms with Gasteiger partial charge in [0.15, 0.2) is 24.3 Å². The second-order valence-electron chi connectivity index (χ2n) is 22.5. The van der Waals surface area contributed by atoms with Crippen LogP contribution in [-0.4, -0.2) is 182 Å². The number of thioether (sulfide) groups is 1. The van der Waals surface area contributed by atoms with Crippen LogP contribution in [0.15, 0.2) is 34.1 Å². The van der Waals surface area contributed by atoms with Crippen LogP contribution in [0.2, 0.25) is 0 Å². The first-order valence-corrected chi connectivity index (χ1v) is 28.3. The van der Waals surface area contributed by atoms with Gasteiger partial charge in [-0.15, -0.1) is 11.8 Å². The monoisotopic (exact) mass is 1110 g/mol. The number of hydrogen-bond acceptors (Lipinski definition) is 19. The van der Waals surface area contributed by atoms with Crippen LogP contribution in [0.3, 0.4) is 0 Å². The number of pyridine rings is 1. The fourth-order valence-corrected chi connectivity index (χ4v) is 13.0. The Morgan fingerprint density at radius 3 is 2.23 bits per heavy atom. The van der Waals surface area contributed by atoms with Crippen molar-refractivity contribution in [3.8, 4) is 0 Å². The van der Waals surface area contributed by atoms with E-state index in [2.05, 4.69) is 5.32 Å². The number of nitrogens with zero attached hydrogens (tertiary/aromatic N) is 2. The number of carbonyl (C=O) groups excluding carboxylic acids is 3. The zero-order valence-corrected chi connectivity index (χ0v) is 48.7. The van der Waals surface area contributed by atoms with Gasteiger partial charge in [-0.3, -0.25) is 14.4 Å². The first-order valence-electron chi connectivity index (χ1n) is 27.3. The van der Waals surface area contributed by atoms with Gasteiger partial charge in [0.2, 0.25) is 5.43 Å². The van der Waals surface area contributed by atoms with Gasteiger partial charge in [0, 0.05) is 80.4 Å². The lowest BCUT2D eigenvalue weighted by molar-refractivity contribution is -0.322. The zero-order chi connectivity index (χ0) is 56.9. The highest BCUT2D eigenvalue weighted by molar-refractivity contribution is 7.99. The highest BCUT2D eigenvalue weighted by Gasteiger charge is 2.60. The Balaban J connectivity index is 1.19. The number of benzene rings is 1. The summed E-state index contributed by atoms with van der Waals surface area (Å²) in [6, 6.07) is 5.25. The van der Waals surface area contributed by atoms with Crippen molar-refractivity contribution in [1.82, 2.24) is 14.8 Å². The molecule has 20 nitrogen and oxygen atoms in total. The minimum Gasteiger partial charge on any atom is -0.477 e. The number of carboxylic acid groups (broad SMARTS) is 1. The van der Waals surface area contributed by atoms with E-state index >= 15 is 0 Å². The molecule has 3 N–H and O–H groups in total. The molecule has 4 saturated heterocycles. The molecule has 4 fully saturated rings. The van der Waals surface area contributed by atoms with Crippen molar-refractivity contribution in [1.29, 1.82) is 0 Å². The van der Waals surface area contributed by atoms with Crippen molar-refractivity contribution in [2.24, 2.45) is 23.7 Å². The number of aryl methyl sites for hydroxylation is 1. The van der Waals surface area contributed by atoms with Crippen LogP contribution >= 0.6 is 11.8 Å². The number of likely N-dealkylation sites (N-methyl/N-ethyl adjacent to an activating group) is 1. The number of cyclic esters (lactones) is 1. The minimum absolute atomic E-state index is 0.122. The summed E-state index contributed by atoms with van der Waals surface area (Å²) in [5.74, 6) is -4.70. The number of aliphatic hydroxyl groups is 1. The average Bonchev–Trinajstić information content (AvgIpc) is 3.74. The van der Waals surface area contributed by atoms with E-state index < -0.39 is 119 Å². The number of Topliss-reactive ketones (excluding diaryl/α,β-unsaturated/α-hetero) is 1. The third-order valence-corrected chi connectivity index (χ3v) is 17.6. The van der Waals surface area contributed by atoms with E-state index in [-0.39, 0.29) is 42.8 Å². The smallest absolute Gasteiger partial charge is 0.477 e. The van der Waals surface area contributed by atoms with Gasteiger partial charge >= 0.3 is 18.1 Å². The summed E-state index contributed by atoms with van der Waals surface area (Å²) < 4.78 is 65.9. The minimum atomic E-state index is -1.50. The second-order valence-corrected chi connectivity index (χ2v) is 23.6. The fourth-order valence-electron chi connectivity index (χ4n) is 12.2. The molecule has 0 saturated carbocycles. The van der Waals surface area contributed by atoms with Crippen LogP contribution in [0.1, 0.15) is 119 Å². The molecule has 6 rings (SSSR count). The Bertz CT molecular complexity index is 2430. The molecule has 4 aliphatic rings. The molecule has 0 aliphatic carbocycles. The number of esters is 1. The predicted octanol–water partition coefficient (Wildman–Crippen LogP) is 6.45. The van der Waals surface area contributed by atoms with Crippen LogP contribution < -0.4 is 10.7 Å². The molecule has 0 bridgehead atoms. The van der Waals surface area contributed by atoms with E-state index in [0.29, 0.717) is 55.7 Å². The standard InChI is InChI=1S/C56H87N3O17S/c1-16-41-56(11)48(75-53(66)76-56)32(5)43(60)30(3)27-54(9,67-14)47(74-52-45(62)40(58(12)13)25-31(4)70-52)33(6)46(34(7)51(65)72-41)73-42-28-55(10,68-15)49(35(8)71-42)69-23-18-21-57-22-24-77-36-19-20-39-37(26-36)44(61)38(50(63)64)29-59(39)17-2/h19-20,26,29-35,40-42,45-49,52,57,62H,16-18,21-25,27-28H2,1-15H3,(H,63,64)/t30-,31-,32?,33+,34+,35-,40+,41-,42+,45+,46+,47-,48+,49+,52+,54+,55-,56-/m0/s1. The van der Waals surface area contributed by atoms with Crippen LogP contribution in [-0.2, 0) is 63.5 Å². The van der Waals surface area contributed by atoms with Crippen LogP contribution in [0, 0.1) is 23.7 Å². The Morgan fingerprint density at radius 2 is 1.60 bits per heavy atom. The number of methoxy groups -OCH3 is 2. The SMILES string of the molecule is CC[C@@H]1OC(=O)[C@H](C)[C@H](O[C@@H]2C[C@](C)(OC)[C@H](OCCCNCCSc3ccc4c(c3)c(=O)c(C(=O)O)cn4CC)[C@H](C)O2)[C@@H](C)[C@H](O[C@H]2O[C@@H](C)C[C@@H](N(C)C)[C@H]2O)[C@](C)(OC)C[C@H](C)C(=O)C(C)[C@H]2OC(=O)O[C@@]12C. The maximum Gasteiger partial charge on any atom is 0.509 e. The van der Waals surface area contributed by atoms with E-state index in [0.717, 1.165) is 4.90 Å². The number of nitrogens with one attached hydrogen (secondary N) is 1. The van der Waals surface area contributed by atoms with Gasteiger partial charge in [-0.25, -0.2) is 9.59 Å². The number of carboxylic acids is 1. The van der Waals surface area contributed by atoms with Gasteiger partial charge in [0.05, 0.1) is 53.0 Å². The largest absolute Gasteiger partial charge is 0.509 e. The summed E-state index contributed by atoms with van der Waals surface area (Å²) in [5.41, 5.74) is -3.75. The molecule has 77 heavy (non-hydrogen) atoms. The molecule has 0 radical (unpaired) electrons. The van der Waals surface area contributed by atoms with Gasteiger partial charge in [-0.1, -0.05) is 27.7 Å². The van der Waals surface area contributed by atoms with Crippen molar-refractivity contribution < 1.29 is 76.8 Å². The zero-order valence-electron chi connectivity index (χ0n) is 47.9. The Morgan fingerprint density at radius 1 is 0.909 bits per heavy atom. The molecule has 434 valence electrons. The summed E-state index contributed by atoms with van der Waals surface area (Å²) in [7, 11) is 6.92. The number of carbonyl (C=O) groups is 4. The lowest BCUT2D eigenvalue weighted by Gasteiger charge is -2.50. The third-order valence-electron chi connectivity index (χ3n) is 16.7. The van der Waals surface area contributed by atoms with Gasteiger partial charge in [0.25, 0.3) is 0 Å². The maximum atomic E-state index is 14.8. The summed E-state index contributed by atoms with van der Waals surface area (Å²) in [4.78, 5) is 69.8. The summed E-state index contributed by atoms with van der Waals surface area (Å²) >= 11 is 1.57. The molecule has 4 aliphatic heterocycles. The van der Waals surface area contributed by atoms with E-state index in [9.17, 15) is 34.2 Å². The molecule has 1 unspecified atom stereocenters. The number of fused-ring (bicyclic) bond motifs is 2. The Labute approximate surface area is 458 Å². The van der Waals surface area contributed by atoms with Gasteiger partial charge < -0.3 is 72.4 Å². The van der Waals surface area contributed by atoms with Crippen molar-refractivity contribution in [3.05, 3.63) is 40.2 Å². The molecule has 18 atom stereocenters. The topological polar surface area (TPSA) is 238 Å². The molecular formula is C56H87N3O17S. The number of ether oxygens (including phenoxy) is 10. The number of rotatable bonds is 19. The van der Waals surface area contributed by atoms with E-state index in [4.69, 9.17) is 47.4 Å². The lowest BCUT2D eigenvalue weighted by Crippen LogP contribution is -2.61. The van der Waals surface area contributed by atoms with Gasteiger partial charge in [0.1, 0.15) is 29.7 Å². The quantitative estimate of drug-likeness (QED) is 0.0778. The normalized spacial score (nSPS) is 37.5. The summed E-state index contributed by atoms with van der Waals surface area (Å²) in [6.07, 6.45) is -6.38. The summed E-state index contributed by atoms with van der Waals surface area (Å²) in [5, 5.41) is 25.3. The third kappa shape index (κ3) is 13.7. The lowest BCUT2D eigenvalue weighted by atomic mass is 9.74. The number of ketones is 1. The summed E-state index contributed by atoms with van der Waals surface area (Å²) in [6.45, 7) is 22.3. The van der Waals surface area contributed by atoms with Gasteiger partial charge in [-0.2, -0.15) is 0 Å². The second kappa shape index (κ2) is 26.2. The molecule has 1 aromatic heterocycles. The first-order chi connectivity index (χ1) is 36.3. The molecule has 21 heteroatoms.